The predicted octanol–water partition coefficient (Wildman–Crippen LogP) is 1.98. The molecule has 0 amide bonds. The first-order chi connectivity index (χ1) is 5.86. The Balaban J connectivity index is 2.28. The summed E-state index contributed by atoms with van der Waals surface area (Å²) in [4.78, 5) is 3.95. The van der Waals surface area contributed by atoms with Crippen LogP contribution in [0.25, 0.3) is 0 Å². The number of aromatic nitrogens is 1. The van der Waals surface area contributed by atoms with E-state index in [9.17, 15) is 0 Å². The van der Waals surface area contributed by atoms with Gasteiger partial charge in [-0.15, -0.1) is 0 Å². The molecule has 60 valence electrons. The van der Waals surface area contributed by atoms with Gasteiger partial charge < -0.3 is 4.74 Å². The third kappa shape index (κ3) is 1.33. The fourth-order valence-electron chi connectivity index (χ4n) is 0.838. The van der Waals surface area contributed by atoms with Crippen LogP contribution in [0.5, 0.6) is 0 Å². The molecule has 2 heterocycles. The van der Waals surface area contributed by atoms with Crippen molar-refractivity contribution < 1.29 is 4.74 Å². The first-order valence-electron chi connectivity index (χ1n) is 3.38. The fourth-order valence-corrected chi connectivity index (χ4v) is 1.28. The maximum absolute atomic E-state index is 5.23. The number of nitrogens with zero attached hydrogens (tertiary/aromatic N) is 2. The van der Waals surface area contributed by atoms with E-state index in [0.29, 0.717) is 11.0 Å². The highest BCUT2D eigenvalue weighted by Gasteiger charge is 2.14. The average Bonchev–Trinajstić information content (AvgIpc) is 2.54. The normalized spacial score (nSPS) is 15.7. The molecule has 0 fully saturated rings. The maximum atomic E-state index is 5.23. The van der Waals surface area contributed by atoms with Crippen molar-refractivity contribution in [3.05, 3.63) is 41.8 Å². The molecule has 1 aliphatic rings. The molecule has 0 bridgehead atoms. The Bertz CT molecular complexity index is 334. The Kier molecular flexibility index (Phi) is 1.83. The first kappa shape index (κ1) is 7.36. The van der Waals surface area contributed by atoms with Crippen LogP contribution < -0.4 is 0 Å². The number of pyridine rings is 1. The summed E-state index contributed by atoms with van der Waals surface area (Å²) in [6, 6.07) is 3.73. The zero-order valence-corrected chi connectivity index (χ0v) is 7.04. The van der Waals surface area contributed by atoms with Gasteiger partial charge in [0.1, 0.15) is 0 Å². The molecule has 4 heteroatoms. The molecule has 3 nitrogen and oxygen atoms in total. The monoisotopic (exact) mass is 178 g/mol. The Morgan fingerprint density at radius 2 is 2.42 bits per heavy atom. The van der Waals surface area contributed by atoms with E-state index in [1.54, 1.807) is 12.4 Å². The lowest BCUT2D eigenvalue weighted by molar-refractivity contribution is 0.470. The molecule has 0 radical (unpaired) electrons. The van der Waals surface area contributed by atoms with Gasteiger partial charge >= 0.3 is 0 Å². The quantitative estimate of drug-likeness (QED) is 0.617. The van der Waals surface area contributed by atoms with Crippen molar-refractivity contribution in [1.82, 2.24) is 4.98 Å². The lowest BCUT2D eigenvalue weighted by Crippen LogP contribution is -1.99. The van der Waals surface area contributed by atoms with E-state index in [4.69, 9.17) is 4.74 Å². The molecular weight excluding hydrogens is 172 g/mol. The van der Waals surface area contributed by atoms with Crippen LogP contribution in [0.1, 0.15) is 5.56 Å². The van der Waals surface area contributed by atoms with Crippen molar-refractivity contribution in [3.8, 4) is 0 Å². The van der Waals surface area contributed by atoms with E-state index in [1.165, 1.54) is 11.9 Å². The Hall–Kier alpha value is -1.29. The van der Waals surface area contributed by atoms with Crippen LogP contribution in [0.2, 0.25) is 0 Å². The smallest absolute Gasteiger partial charge is 0.236 e. The molecule has 0 aliphatic carbocycles. The summed E-state index contributed by atoms with van der Waals surface area (Å²) in [7, 11) is 0. The second-order valence-corrected chi connectivity index (χ2v) is 3.02. The summed E-state index contributed by atoms with van der Waals surface area (Å²) in [6.07, 6.45) is 3.42. The third-order valence-electron chi connectivity index (χ3n) is 1.35. The van der Waals surface area contributed by atoms with Crippen LogP contribution >= 0.6 is 11.9 Å². The summed E-state index contributed by atoms with van der Waals surface area (Å²) < 4.78 is 9.28. The van der Waals surface area contributed by atoms with Crippen molar-refractivity contribution >= 4 is 17.8 Å². The van der Waals surface area contributed by atoms with Gasteiger partial charge in [0.15, 0.2) is 5.09 Å². The Labute approximate surface area is 74.3 Å². The number of ether oxygens (including phenoxy) is 1. The van der Waals surface area contributed by atoms with Gasteiger partial charge in [-0.05, 0) is 18.7 Å². The standard InChI is InChI=1S/C8H6N2OS/c1-6-11-8(10-12-6)7-3-2-4-9-5-7/h2-5H,1H2. The van der Waals surface area contributed by atoms with E-state index in [0.717, 1.165) is 5.56 Å². The zero-order chi connectivity index (χ0) is 8.39. The molecular formula is C8H6N2OS. The molecule has 12 heavy (non-hydrogen) atoms. The van der Waals surface area contributed by atoms with Gasteiger partial charge in [0.25, 0.3) is 0 Å². The Morgan fingerprint density at radius 3 is 3.00 bits per heavy atom. The van der Waals surface area contributed by atoms with Crippen LogP contribution in [0.15, 0.2) is 40.6 Å². The number of hydrogen-bond acceptors (Lipinski definition) is 4. The summed E-state index contributed by atoms with van der Waals surface area (Å²) in [5.41, 5.74) is 0.878. The van der Waals surface area contributed by atoms with Gasteiger partial charge in [-0.1, -0.05) is 0 Å². The van der Waals surface area contributed by atoms with Gasteiger partial charge in [-0.25, -0.2) is 0 Å². The summed E-state index contributed by atoms with van der Waals surface area (Å²) in [5, 5.41) is 0.605. The number of rotatable bonds is 1. The van der Waals surface area contributed by atoms with Gasteiger partial charge in [-0.2, -0.15) is 4.40 Å². The van der Waals surface area contributed by atoms with Crippen molar-refractivity contribution in [2.24, 2.45) is 4.40 Å². The minimum atomic E-state index is 0.582. The molecule has 1 aromatic heterocycles. The molecule has 0 saturated carbocycles. The predicted molar refractivity (Wildman–Crippen MR) is 48.6 cm³/mol. The second kappa shape index (κ2) is 2.98. The largest absolute Gasteiger partial charge is 0.430 e. The molecule has 0 atom stereocenters. The molecule has 0 spiro atoms. The first-order valence-corrected chi connectivity index (χ1v) is 4.16. The van der Waals surface area contributed by atoms with Crippen LogP contribution in [0, 0.1) is 0 Å². The molecule has 0 N–H and O–H groups in total. The van der Waals surface area contributed by atoms with E-state index in [1.807, 2.05) is 12.1 Å². The van der Waals surface area contributed by atoms with Gasteiger partial charge in [0, 0.05) is 12.4 Å². The lowest BCUT2D eigenvalue weighted by atomic mass is 10.3. The van der Waals surface area contributed by atoms with Crippen LogP contribution in [0.3, 0.4) is 0 Å². The van der Waals surface area contributed by atoms with Crippen molar-refractivity contribution in [2.45, 2.75) is 0 Å². The highest BCUT2D eigenvalue weighted by Crippen LogP contribution is 2.26. The minimum Gasteiger partial charge on any atom is -0.430 e. The number of hydrogen-bond donors (Lipinski definition) is 0. The molecule has 1 aliphatic heterocycles. The molecule has 0 aromatic carbocycles. The van der Waals surface area contributed by atoms with Crippen LogP contribution in [0.4, 0.5) is 0 Å². The van der Waals surface area contributed by atoms with Crippen molar-refractivity contribution in [1.29, 1.82) is 0 Å². The van der Waals surface area contributed by atoms with Gasteiger partial charge in [0.05, 0.1) is 17.5 Å². The molecule has 0 unspecified atom stereocenters. The average molecular weight is 178 g/mol. The van der Waals surface area contributed by atoms with Crippen LogP contribution in [-0.2, 0) is 4.74 Å². The molecule has 1 aromatic rings. The van der Waals surface area contributed by atoms with Crippen molar-refractivity contribution in [2.75, 3.05) is 0 Å². The molecule has 2 rings (SSSR count). The minimum absolute atomic E-state index is 0.582. The molecule has 0 saturated heterocycles. The van der Waals surface area contributed by atoms with E-state index >= 15 is 0 Å². The van der Waals surface area contributed by atoms with E-state index in [-0.39, 0.29) is 0 Å². The van der Waals surface area contributed by atoms with Gasteiger partial charge in [-0.3, -0.25) is 4.98 Å². The zero-order valence-electron chi connectivity index (χ0n) is 6.23. The van der Waals surface area contributed by atoms with E-state index < -0.39 is 0 Å². The summed E-state index contributed by atoms with van der Waals surface area (Å²) >= 11 is 1.24. The SMILES string of the molecule is C=C1OC(c2cccnc2)=NS1. The maximum Gasteiger partial charge on any atom is 0.236 e. The van der Waals surface area contributed by atoms with Crippen molar-refractivity contribution in [3.63, 3.8) is 0 Å². The third-order valence-corrected chi connectivity index (χ3v) is 1.89. The fraction of sp³-hybridized carbons (Fsp3) is 0. The highest BCUT2D eigenvalue weighted by molar-refractivity contribution is 8.02. The topological polar surface area (TPSA) is 34.5 Å². The second-order valence-electron chi connectivity index (χ2n) is 2.20. The summed E-state index contributed by atoms with van der Waals surface area (Å²) in [6.45, 7) is 3.64. The Morgan fingerprint density at radius 1 is 1.50 bits per heavy atom. The highest BCUT2D eigenvalue weighted by atomic mass is 32.2. The summed E-state index contributed by atoms with van der Waals surface area (Å²) in [5.74, 6) is 0.582. The van der Waals surface area contributed by atoms with Gasteiger partial charge in [0.2, 0.25) is 5.90 Å². The van der Waals surface area contributed by atoms with Crippen LogP contribution in [-0.4, -0.2) is 10.9 Å². The lowest BCUT2D eigenvalue weighted by Gasteiger charge is -1.98. The van der Waals surface area contributed by atoms with E-state index in [2.05, 4.69) is 16.0 Å².